The van der Waals surface area contributed by atoms with Crippen molar-refractivity contribution in [2.24, 2.45) is 5.10 Å². The summed E-state index contributed by atoms with van der Waals surface area (Å²) in [4.78, 5) is 16.4. The Morgan fingerprint density at radius 1 is 1.23 bits per heavy atom. The summed E-state index contributed by atoms with van der Waals surface area (Å²) < 4.78 is 63.9. The van der Waals surface area contributed by atoms with Gasteiger partial charge in [0.2, 0.25) is 0 Å². The Balaban J connectivity index is 1.70. The highest BCUT2D eigenvalue weighted by molar-refractivity contribution is 6.02. The number of benzene rings is 1. The maximum Gasteiger partial charge on any atom is 0.419 e. The zero-order valence-electron chi connectivity index (χ0n) is 20.1. The highest BCUT2D eigenvalue weighted by atomic mass is 19.4. The third-order valence-corrected chi connectivity index (χ3v) is 6.01. The van der Waals surface area contributed by atoms with Gasteiger partial charge in [-0.2, -0.15) is 28.4 Å². The van der Waals surface area contributed by atoms with E-state index in [-0.39, 0.29) is 12.2 Å². The molecule has 8 nitrogen and oxygen atoms in total. The number of anilines is 2. The highest BCUT2D eigenvalue weighted by Crippen LogP contribution is 2.40. The Hall–Kier alpha value is -3.15. The van der Waals surface area contributed by atoms with E-state index in [2.05, 4.69) is 10.2 Å². The number of morpholine rings is 1. The van der Waals surface area contributed by atoms with E-state index in [4.69, 9.17) is 4.74 Å². The molecule has 0 saturated carbocycles. The van der Waals surface area contributed by atoms with Crippen molar-refractivity contribution in [1.29, 1.82) is 0 Å². The molecule has 0 aliphatic carbocycles. The van der Waals surface area contributed by atoms with Crippen molar-refractivity contribution < 1.29 is 27.1 Å². The van der Waals surface area contributed by atoms with Gasteiger partial charge in [0.15, 0.2) is 5.82 Å². The predicted molar refractivity (Wildman–Crippen MR) is 123 cm³/mol. The molecule has 4 rings (SSSR count). The van der Waals surface area contributed by atoms with Crippen molar-refractivity contribution in [1.82, 2.24) is 14.7 Å². The number of carbonyl (C=O) groups is 1. The Labute approximate surface area is 200 Å². The molecular formula is C23H28F4N6O2. The minimum absolute atomic E-state index is 0.153. The van der Waals surface area contributed by atoms with E-state index in [1.54, 1.807) is 27.6 Å². The van der Waals surface area contributed by atoms with Gasteiger partial charge in [-0.3, -0.25) is 9.48 Å². The molecule has 0 radical (unpaired) electrons. The zero-order valence-corrected chi connectivity index (χ0v) is 20.1. The molecule has 12 heteroatoms. The molecule has 0 N–H and O–H groups in total. The molecule has 190 valence electrons. The topological polar surface area (TPSA) is 66.2 Å². The van der Waals surface area contributed by atoms with Gasteiger partial charge < -0.3 is 14.5 Å². The third kappa shape index (κ3) is 5.26. The number of carbonyl (C=O) groups excluding carboxylic acids is 1. The van der Waals surface area contributed by atoms with Crippen LogP contribution < -0.4 is 9.91 Å². The number of amidine groups is 1. The first-order chi connectivity index (χ1) is 16.4. The molecule has 0 bridgehead atoms. The molecule has 1 aromatic heterocycles. The maximum absolute atomic E-state index is 15.2. The molecule has 1 saturated heterocycles. The molecule has 3 heterocycles. The standard InChI is InChI=1S/C23H28F4N6O2/c1-5-32-12-16(10-28-32)11-31-13-20(34)33(29-15(31)2)19-9-17(8-18(21(19)24)23(25,26)27)30-6-7-35-22(3,4)14-30/h8-10,12H,5-7,11,13-14H2,1-4H3. The largest absolute Gasteiger partial charge is 0.419 e. The lowest BCUT2D eigenvalue weighted by molar-refractivity contribution is -0.140. The maximum atomic E-state index is 15.2. The summed E-state index contributed by atoms with van der Waals surface area (Å²) in [6, 6.07) is 2.03. The van der Waals surface area contributed by atoms with Crippen molar-refractivity contribution in [3.8, 4) is 0 Å². The lowest BCUT2D eigenvalue weighted by Crippen LogP contribution is -2.48. The van der Waals surface area contributed by atoms with Gasteiger partial charge in [-0.15, -0.1) is 0 Å². The van der Waals surface area contributed by atoms with Crippen LogP contribution in [0, 0.1) is 5.82 Å². The Morgan fingerprint density at radius 3 is 2.60 bits per heavy atom. The molecule has 0 spiro atoms. The summed E-state index contributed by atoms with van der Waals surface area (Å²) in [5.41, 5.74) is -1.55. The number of rotatable bonds is 5. The quantitative estimate of drug-likeness (QED) is 0.589. The van der Waals surface area contributed by atoms with E-state index in [0.717, 1.165) is 16.6 Å². The number of hydrazone groups is 1. The minimum Gasteiger partial charge on any atom is -0.372 e. The Kier molecular flexibility index (Phi) is 6.52. The van der Waals surface area contributed by atoms with E-state index in [9.17, 15) is 18.0 Å². The number of alkyl halides is 3. The van der Waals surface area contributed by atoms with Crippen LogP contribution in [-0.2, 0) is 28.8 Å². The third-order valence-electron chi connectivity index (χ3n) is 6.01. The van der Waals surface area contributed by atoms with E-state index >= 15 is 4.39 Å². The number of ether oxygens (including phenoxy) is 1. The zero-order chi connectivity index (χ0) is 25.5. The molecule has 1 aromatic carbocycles. The van der Waals surface area contributed by atoms with Gasteiger partial charge >= 0.3 is 6.18 Å². The number of hydrogen-bond donors (Lipinski definition) is 0. The number of aromatic nitrogens is 2. The molecule has 1 amide bonds. The summed E-state index contributed by atoms with van der Waals surface area (Å²) in [5.74, 6) is -1.79. The number of amides is 1. The second-order valence-corrected chi connectivity index (χ2v) is 9.27. The molecule has 2 aliphatic heterocycles. The van der Waals surface area contributed by atoms with Crippen LogP contribution in [0.2, 0.25) is 0 Å². The monoisotopic (exact) mass is 496 g/mol. The first-order valence-electron chi connectivity index (χ1n) is 11.3. The SMILES string of the molecule is CCn1cc(CN2CC(=O)N(c3cc(N4CCOC(C)(C)C4)cc(C(F)(F)F)c3F)N=C2C)cn1. The second-order valence-electron chi connectivity index (χ2n) is 9.27. The molecule has 1 fully saturated rings. The normalized spacial score (nSPS) is 18.8. The van der Waals surface area contributed by atoms with Gasteiger partial charge in [-0.1, -0.05) is 0 Å². The van der Waals surface area contributed by atoms with Crippen LogP contribution >= 0.6 is 0 Å². The van der Waals surface area contributed by atoms with Crippen LogP contribution in [0.4, 0.5) is 28.9 Å². The van der Waals surface area contributed by atoms with Gasteiger partial charge in [0.05, 0.1) is 24.0 Å². The van der Waals surface area contributed by atoms with Gasteiger partial charge in [0.25, 0.3) is 5.91 Å². The fraction of sp³-hybridized carbons (Fsp3) is 0.522. The first kappa shape index (κ1) is 25.0. The smallest absolute Gasteiger partial charge is 0.372 e. The predicted octanol–water partition coefficient (Wildman–Crippen LogP) is 3.86. The van der Waals surface area contributed by atoms with Crippen LogP contribution in [-0.4, -0.2) is 58.3 Å². The summed E-state index contributed by atoms with van der Waals surface area (Å²) in [7, 11) is 0. The van der Waals surface area contributed by atoms with E-state index in [1.807, 2.05) is 27.0 Å². The van der Waals surface area contributed by atoms with Crippen molar-refractivity contribution in [2.45, 2.75) is 52.6 Å². The van der Waals surface area contributed by atoms with Crippen LogP contribution in [0.5, 0.6) is 0 Å². The van der Waals surface area contributed by atoms with Gasteiger partial charge in [0.1, 0.15) is 18.1 Å². The fourth-order valence-corrected chi connectivity index (χ4v) is 4.22. The Bertz CT molecular complexity index is 1140. The highest BCUT2D eigenvalue weighted by Gasteiger charge is 2.39. The minimum atomic E-state index is -4.94. The lowest BCUT2D eigenvalue weighted by Gasteiger charge is -2.40. The van der Waals surface area contributed by atoms with Crippen LogP contribution in [0.3, 0.4) is 0 Å². The summed E-state index contributed by atoms with van der Waals surface area (Å²) in [6.45, 7) is 9.05. The van der Waals surface area contributed by atoms with E-state index < -0.39 is 34.8 Å². The fourth-order valence-electron chi connectivity index (χ4n) is 4.22. The van der Waals surface area contributed by atoms with Crippen molar-refractivity contribution in [3.63, 3.8) is 0 Å². The molecule has 0 unspecified atom stereocenters. The Morgan fingerprint density at radius 2 is 1.97 bits per heavy atom. The second kappa shape index (κ2) is 9.14. The van der Waals surface area contributed by atoms with Crippen molar-refractivity contribution in [2.75, 3.05) is 36.1 Å². The van der Waals surface area contributed by atoms with Crippen LogP contribution in [0.15, 0.2) is 29.6 Å². The summed E-state index contributed by atoms with van der Waals surface area (Å²) in [5, 5.41) is 9.12. The molecule has 35 heavy (non-hydrogen) atoms. The molecular weight excluding hydrogens is 468 g/mol. The average molecular weight is 497 g/mol. The van der Waals surface area contributed by atoms with Crippen LogP contribution in [0.25, 0.3) is 0 Å². The number of aryl methyl sites for hydroxylation is 1. The van der Waals surface area contributed by atoms with Gasteiger partial charge in [-0.05, 0) is 39.8 Å². The number of hydrogen-bond acceptors (Lipinski definition) is 6. The van der Waals surface area contributed by atoms with Crippen molar-refractivity contribution in [3.05, 3.63) is 41.5 Å². The average Bonchev–Trinajstić information content (AvgIpc) is 3.22. The van der Waals surface area contributed by atoms with Gasteiger partial charge in [0, 0.05) is 43.6 Å². The summed E-state index contributed by atoms with van der Waals surface area (Å²) >= 11 is 0. The summed E-state index contributed by atoms with van der Waals surface area (Å²) in [6.07, 6.45) is -1.43. The lowest BCUT2D eigenvalue weighted by atomic mass is 10.0. The number of nitrogens with zero attached hydrogens (tertiary/aromatic N) is 6. The number of halogens is 4. The van der Waals surface area contributed by atoms with Crippen LogP contribution in [0.1, 0.15) is 38.8 Å². The molecule has 0 atom stereocenters. The van der Waals surface area contributed by atoms with E-state index in [1.165, 1.54) is 6.07 Å². The van der Waals surface area contributed by atoms with E-state index in [0.29, 0.717) is 38.6 Å². The van der Waals surface area contributed by atoms with Gasteiger partial charge in [-0.25, -0.2) is 4.39 Å². The first-order valence-corrected chi connectivity index (χ1v) is 11.3. The molecule has 2 aromatic rings. The van der Waals surface area contributed by atoms with Crippen molar-refractivity contribution >= 4 is 23.1 Å². The molecule has 2 aliphatic rings.